The third-order valence-corrected chi connectivity index (χ3v) is 5.47. The van der Waals surface area contributed by atoms with Crippen LogP contribution in [-0.2, 0) is 6.42 Å². The lowest BCUT2D eigenvalue weighted by atomic mass is 10.2. The van der Waals surface area contributed by atoms with Crippen molar-refractivity contribution in [3.63, 3.8) is 0 Å². The summed E-state index contributed by atoms with van der Waals surface area (Å²) in [7, 11) is 0. The van der Waals surface area contributed by atoms with E-state index in [1.165, 1.54) is 9.75 Å². The molecule has 0 saturated heterocycles. The molecule has 0 radical (unpaired) electrons. The van der Waals surface area contributed by atoms with Crippen molar-refractivity contribution in [2.45, 2.75) is 26.3 Å². The molecular weight excluding hydrogens is 298 g/mol. The number of carbonyl (C=O) groups is 1. The lowest BCUT2D eigenvalue weighted by Crippen LogP contribution is -2.33. The van der Waals surface area contributed by atoms with Gasteiger partial charge in [0, 0.05) is 26.9 Å². The number of amides is 1. The zero-order valence-corrected chi connectivity index (χ0v) is 13.7. The van der Waals surface area contributed by atoms with Gasteiger partial charge >= 0.3 is 0 Å². The highest BCUT2D eigenvalue weighted by molar-refractivity contribution is 7.20. The first kappa shape index (κ1) is 14.3. The number of thiophene rings is 2. The molecule has 4 heteroatoms. The fourth-order valence-corrected chi connectivity index (χ4v) is 4.32. The highest BCUT2D eigenvalue weighted by Gasteiger charge is 2.13. The number of carbonyl (C=O) groups excluding carboxylic acids is 1. The number of aryl methyl sites for hydroxylation is 1. The summed E-state index contributed by atoms with van der Waals surface area (Å²) >= 11 is 3.34. The molecule has 2 aromatic heterocycles. The van der Waals surface area contributed by atoms with Gasteiger partial charge in [0.2, 0.25) is 0 Å². The van der Waals surface area contributed by atoms with Gasteiger partial charge in [0.15, 0.2) is 0 Å². The van der Waals surface area contributed by atoms with Crippen molar-refractivity contribution >= 4 is 38.7 Å². The van der Waals surface area contributed by atoms with Gasteiger partial charge in [0.05, 0.1) is 4.88 Å². The number of benzene rings is 1. The molecule has 0 fully saturated rings. The van der Waals surface area contributed by atoms with Crippen molar-refractivity contribution < 1.29 is 4.79 Å². The molecule has 1 atom stereocenters. The van der Waals surface area contributed by atoms with E-state index in [9.17, 15) is 4.79 Å². The number of fused-ring (bicyclic) bond motifs is 1. The topological polar surface area (TPSA) is 29.1 Å². The summed E-state index contributed by atoms with van der Waals surface area (Å²) in [5, 5.41) is 4.23. The maximum Gasteiger partial charge on any atom is 0.261 e. The lowest BCUT2D eigenvalue weighted by Gasteiger charge is -2.11. The van der Waals surface area contributed by atoms with E-state index in [0.717, 1.165) is 21.4 Å². The monoisotopic (exact) mass is 315 g/mol. The highest BCUT2D eigenvalue weighted by Crippen LogP contribution is 2.25. The van der Waals surface area contributed by atoms with E-state index in [2.05, 4.69) is 37.4 Å². The summed E-state index contributed by atoms with van der Waals surface area (Å²) in [6.45, 7) is 4.16. The molecule has 0 saturated carbocycles. The fourth-order valence-electron chi connectivity index (χ4n) is 2.34. The molecule has 1 N–H and O–H groups in total. The molecule has 3 aromatic rings. The molecule has 0 aliphatic carbocycles. The summed E-state index contributed by atoms with van der Waals surface area (Å²) < 4.78 is 1.16. The van der Waals surface area contributed by atoms with Crippen molar-refractivity contribution in [2.75, 3.05) is 0 Å². The average molecular weight is 315 g/mol. The van der Waals surface area contributed by atoms with Crippen LogP contribution in [0.15, 0.2) is 42.5 Å². The van der Waals surface area contributed by atoms with Gasteiger partial charge in [-0.05, 0) is 43.5 Å². The molecule has 0 bridgehead atoms. The van der Waals surface area contributed by atoms with E-state index in [1.807, 2.05) is 24.3 Å². The molecule has 2 nitrogen and oxygen atoms in total. The van der Waals surface area contributed by atoms with Crippen molar-refractivity contribution in [3.05, 3.63) is 57.1 Å². The van der Waals surface area contributed by atoms with Crippen LogP contribution in [-0.4, -0.2) is 11.9 Å². The summed E-state index contributed by atoms with van der Waals surface area (Å²) in [5.41, 5.74) is 0. The molecule has 0 aliphatic heterocycles. The maximum absolute atomic E-state index is 12.3. The van der Waals surface area contributed by atoms with Crippen LogP contribution in [0.4, 0.5) is 0 Å². The SMILES string of the molecule is Cc1ccc(CC(C)NC(=O)c2cc3ccccc3s2)s1. The van der Waals surface area contributed by atoms with Gasteiger partial charge in [-0.15, -0.1) is 22.7 Å². The van der Waals surface area contributed by atoms with Gasteiger partial charge in [-0.2, -0.15) is 0 Å². The number of hydrogen-bond acceptors (Lipinski definition) is 3. The maximum atomic E-state index is 12.3. The van der Waals surface area contributed by atoms with Crippen LogP contribution in [0, 0.1) is 6.92 Å². The van der Waals surface area contributed by atoms with E-state index in [0.29, 0.717) is 0 Å². The van der Waals surface area contributed by atoms with Crippen LogP contribution in [0.1, 0.15) is 26.3 Å². The van der Waals surface area contributed by atoms with E-state index in [1.54, 1.807) is 22.7 Å². The standard InChI is InChI=1S/C17H17NOS2/c1-11(9-14-8-7-12(2)20-14)18-17(19)16-10-13-5-3-4-6-15(13)21-16/h3-8,10-11H,9H2,1-2H3,(H,18,19). The second-order valence-electron chi connectivity index (χ2n) is 5.24. The predicted molar refractivity (Wildman–Crippen MR) is 91.5 cm³/mol. The van der Waals surface area contributed by atoms with Gasteiger partial charge in [0.25, 0.3) is 5.91 Å². The Morgan fingerprint density at radius 1 is 1.19 bits per heavy atom. The Morgan fingerprint density at radius 3 is 2.71 bits per heavy atom. The van der Waals surface area contributed by atoms with Crippen LogP contribution in [0.3, 0.4) is 0 Å². The van der Waals surface area contributed by atoms with Gasteiger partial charge < -0.3 is 5.32 Å². The molecule has 0 spiro atoms. The Kier molecular flexibility index (Phi) is 4.08. The zero-order chi connectivity index (χ0) is 14.8. The summed E-state index contributed by atoms with van der Waals surface area (Å²) in [6, 6.07) is 14.5. The van der Waals surface area contributed by atoms with Gasteiger partial charge in [-0.1, -0.05) is 18.2 Å². The lowest BCUT2D eigenvalue weighted by molar-refractivity contribution is 0.0944. The largest absolute Gasteiger partial charge is 0.349 e. The minimum absolute atomic E-state index is 0.0250. The van der Waals surface area contributed by atoms with Crippen LogP contribution in [0.2, 0.25) is 0 Å². The van der Waals surface area contributed by atoms with Crippen LogP contribution < -0.4 is 5.32 Å². The third kappa shape index (κ3) is 3.34. The van der Waals surface area contributed by atoms with Crippen LogP contribution in [0.5, 0.6) is 0 Å². The Bertz CT molecular complexity index is 739. The summed E-state index contributed by atoms with van der Waals surface area (Å²) in [6.07, 6.45) is 0.884. The second-order valence-corrected chi connectivity index (χ2v) is 7.70. The average Bonchev–Trinajstić information content (AvgIpc) is 3.04. The third-order valence-electron chi connectivity index (χ3n) is 3.33. The first-order valence-electron chi connectivity index (χ1n) is 6.96. The second kappa shape index (κ2) is 6.00. The van der Waals surface area contributed by atoms with Crippen LogP contribution in [0.25, 0.3) is 10.1 Å². The molecule has 108 valence electrons. The summed E-state index contributed by atoms with van der Waals surface area (Å²) in [5.74, 6) is 0.0250. The number of rotatable bonds is 4. The Hall–Kier alpha value is -1.65. The minimum Gasteiger partial charge on any atom is -0.349 e. The smallest absolute Gasteiger partial charge is 0.261 e. The first-order valence-corrected chi connectivity index (χ1v) is 8.60. The van der Waals surface area contributed by atoms with Gasteiger partial charge in [0.1, 0.15) is 0 Å². The van der Waals surface area contributed by atoms with E-state index >= 15 is 0 Å². The predicted octanol–water partition coefficient (Wildman–Crippen LogP) is 4.63. The molecule has 21 heavy (non-hydrogen) atoms. The van der Waals surface area contributed by atoms with Crippen LogP contribution >= 0.6 is 22.7 Å². The van der Waals surface area contributed by atoms with Crippen molar-refractivity contribution in [3.8, 4) is 0 Å². The van der Waals surface area contributed by atoms with Crippen molar-refractivity contribution in [1.29, 1.82) is 0 Å². The molecule has 1 unspecified atom stereocenters. The van der Waals surface area contributed by atoms with E-state index in [4.69, 9.17) is 0 Å². The van der Waals surface area contributed by atoms with E-state index in [-0.39, 0.29) is 11.9 Å². The molecule has 1 aromatic carbocycles. The Morgan fingerprint density at radius 2 is 2.00 bits per heavy atom. The molecule has 3 rings (SSSR count). The molecule has 0 aliphatic rings. The highest BCUT2D eigenvalue weighted by atomic mass is 32.1. The Balaban J connectivity index is 1.67. The quantitative estimate of drug-likeness (QED) is 0.747. The minimum atomic E-state index is 0.0250. The zero-order valence-electron chi connectivity index (χ0n) is 12.1. The molecule has 1 amide bonds. The van der Waals surface area contributed by atoms with E-state index < -0.39 is 0 Å². The molecule has 2 heterocycles. The van der Waals surface area contributed by atoms with Gasteiger partial charge in [-0.3, -0.25) is 4.79 Å². The Labute approximate surface area is 132 Å². The fraction of sp³-hybridized carbons (Fsp3) is 0.235. The number of hydrogen-bond donors (Lipinski definition) is 1. The summed E-state index contributed by atoms with van der Waals surface area (Å²) in [4.78, 5) is 15.7. The van der Waals surface area contributed by atoms with Gasteiger partial charge in [-0.25, -0.2) is 0 Å². The van der Waals surface area contributed by atoms with Crippen molar-refractivity contribution in [1.82, 2.24) is 5.32 Å². The molecular formula is C17H17NOS2. The normalized spacial score (nSPS) is 12.5. The first-order chi connectivity index (χ1) is 10.1. The number of nitrogens with one attached hydrogen (secondary N) is 1. The van der Waals surface area contributed by atoms with Crippen molar-refractivity contribution in [2.24, 2.45) is 0 Å².